The maximum atomic E-state index is 5.91. The summed E-state index contributed by atoms with van der Waals surface area (Å²) >= 11 is 0. The molecule has 2 aromatic rings. The lowest BCUT2D eigenvalue weighted by Crippen LogP contribution is -2.34. The second kappa shape index (κ2) is 6.71. The molecule has 0 amide bonds. The quantitative estimate of drug-likeness (QED) is 0.860. The molecule has 0 saturated heterocycles. The Kier molecular flexibility index (Phi) is 4.48. The third-order valence-corrected chi connectivity index (χ3v) is 3.94. The molecule has 0 spiro atoms. The van der Waals surface area contributed by atoms with E-state index in [1.54, 1.807) is 19.2 Å². The number of benzene rings is 2. The zero-order valence-electron chi connectivity index (χ0n) is 13.5. The van der Waals surface area contributed by atoms with Gasteiger partial charge in [0.1, 0.15) is 5.84 Å². The molecule has 0 unspecified atom stereocenters. The Balaban J connectivity index is 1.76. The first-order valence-corrected chi connectivity index (χ1v) is 7.58. The van der Waals surface area contributed by atoms with Gasteiger partial charge in [-0.1, -0.05) is 30.3 Å². The maximum absolute atomic E-state index is 5.91. The van der Waals surface area contributed by atoms with E-state index in [9.17, 15) is 0 Å². The van der Waals surface area contributed by atoms with E-state index in [0.717, 1.165) is 42.4 Å². The fraction of sp³-hybridized carbons (Fsp3) is 0.278. The summed E-state index contributed by atoms with van der Waals surface area (Å²) in [6.45, 7) is 1.54. The summed E-state index contributed by atoms with van der Waals surface area (Å²) in [7, 11) is 3.29. The molecule has 5 nitrogen and oxygen atoms in total. The molecular weight excluding hydrogens is 290 g/mol. The first kappa shape index (κ1) is 15.4. The van der Waals surface area contributed by atoms with E-state index in [2.05, 4.69) is 35.3 Å². The number of nitrogens with zero attached hydrogens (tertiary/aromatic N) is 2. The lowest BCUT2D eigenvalue weighted by atomic mass is 10.0. The molecule has 0 aromatic heterocycles. The van der Waals surface area contributed by atoms with Crippen LogP contribution in [0.25, 0.3) is 0 Å². The van der Waals surface area contributed by atoms with E-state index in [1.165, 1.54) is 11.1 Å². The Morgan fingerprint density at radius 3 is 2.30 bits per heavy atom. The summed E-state index contributed by atoms with van der Waals surface area (Å²) in [5, 5.41) is 1.70. The van der Waals surface area contributed by atoms with Crippen molar-refractivity contribution in [2.24, 2.45) is 10.8 Å². The average Bonchev–Trinajstić information content (AvgIpc) is 3.01. The van der Waals surface area contributed by atoms with Gasteiger partial charge in [0.05, 0.1) is 27.3 Å². The first-order valence-electron chi connectivity index (χ1n) is 7.58. The number of hydrogen-bond acceptors (Lipinski definition) is 5. The van der Waals surface area contributed by atoms with Gasteiger partial charge in [0, 0.05) is 5.56 Å². The van der Waals surface area contributed by atoms with Crippen LogP contribution in [-0.4, -0.2) is 38.2 Å². The highest BCUT2D eigenvalue weighted by Gasteiger charge is 2.15. The second-order valence-corrected chi connectivity index (χ2v) is 5.46. The van der Waals surface area contributed by atoms with Crippen molar-refractivity contribution in [2.75, 3.05) is 27.3 Å². The zero-order chi connectivity index (χ0) is 16.2. The molecule has 1 aliphatic rings. The Labute approximate surface area is 136 Å². The fourth-order valence-corrected chi connectivity index (χ4v) is 2.72. The third-order valence-electron chi connectivity index (χ3n) is 3.94. The summed E-state index contributed by atoms with van der Waals surface area (Å²) < 4.78 is 10.6. The predicted octanol–water partition coefficient (Wildman–Crippen LogP) is 2.23. The number of hydrazine groups is 1. The van der Waals surface area contributed by atoms with E-state index < -0.39 is 0 Å². The van der Waals surface area contributed by atoms with Crippen molar-refractivity contribution in [3.63, 3.8) is 0 Å². The molecule has 3 rings (SSSR count). The second-order valence-electron chi connectivity index (χ2n) is 5.46. The van der Waals surface area contributed by atoms with Crippen LogP contribution in [0.4, 0.5) is 0 Å². The van der Waals surface area contributed by atoms with Gasteiger partial charge in [0.2, 0.25) is 0 Å². The molecule has 0 radical (unpaired) electrons. The number of amidine groups is 1. The zero-order valence-corrected chi connectivity index (χ0v) is 13.5. The topological polar surface area (TPSA) is 60.1 Å². The number of methoxy groups -OCH3 is 2. The highest BCUT2D eigenvalue weighted by atomic mass is 16.5. The molecule has 0 bridgehead atoms. The Morgan fingerprint density at radius 2 is 1.70 bits per heavy atom. The van der Waals surface area contributed by atoms with Crippen molar-refractivity contribution in [1.82, 2.24) is 5.01 Å². The molecular formula is C18H21N3O2. The molecule has 0 saturated carbocycles. The van der Waals surface area contributed by atoms with Crippen molar-refractivity contribution in [1.29, 1.82) is 0 Å². The third kappa shape index (κ3) is 3.29. The van der Waals surface area contributed by atoms with E-state index >= 15 is 0 Å². The fourth-order valence-electron chi connectivity index (χ4n) is 2.72. The molecule has 5 heteroatoms. The molecule has 1 aliphatic heterocycles. The maximum Gasteiger partial charge on any atom is 0.160 e. The van der Waals surface area contributed by atoms with Crippen LogP contribution in [0.1, 0.15) is 16.7 Å². The normalized spacial score (nSPS) is 13.9. The van der Waals surface area contributed by atoms with Crippen LogP contribution in [0, 0.1) is 0 Å². The number of hydrogen-bond donors (Lipinski definition) is 1. The number of rotatable bonds is 5. The van der Waals surface area contributed by atoms with Gasteiger partial charge in [0.25, 0.3) is 0 Å². The minimum absolute atomic E-state index is 0.744. The minimum atomic E-state index is 0.744. The van der Waals surface area contributed by atoms with Crippen LogP contribution in [0.2, 0.25) is 0 Å². The molecule has 0 atom stereocenters. The Hall–Kier alpha value is -2.53. The van der Waals surface area contributed by atoms with E-state index in [-0.39, 0.29) is 0 Å². The molecule has 0 fully saturated rings. The molecule has 120 valence electrons. The van der Waals surface area contributed by atoms with Gasteiger partial charge in [-0.05, 0) is 29.7 Å². The van der Waals surface area contributed by atoms with Crippen LogP contribution in [0.3, 0.4) is 0 Å². The first-order chi connectivity index (χ1) is 11.2. The molecule has 2 N–H and O–H groups in total. The van der Waals surface area contributed by atoms with Gasteiger partial charge in [-0.25, -0.2) is 5.84 Å². The summed E-state index contributed by atoms with van der Waals surface area (Å²) in [5.74, 6) is 8.27. The smallest absolute Gasteiger partial charge is 0.160 e. The van der Waals surface area contributed by atoms with Crippen LogP contribution >= 0.6 is 0 Å². The largest absolute Gasteiger partial charge is 0.493 e. The predicted molar refractivity (Wildman–Crippen MR) is 91.1 cm³/mol. The van der Waals surface area contributed by atoms with E-state index in [1.807, 2.05) is 12.1 Å². The summed E-state index contributed by atoms with van der Waals surface area (Å²) in [4.78, 5) is 4.43. The van der Waals surface area contributed by atoms with Gasteiger partial charge < -0.3 is 9.47 Å². The Bertz CT molecular complexity index is 711. The van der Waals surface area contributed by atoms with Gasteiger partial charge in [-0.15, -0.1) is 0 Å². The minimum Gasteiger partial charge on any atom is -0.493 e. The van der Waals surface area contributed by atoms with Crippen LogP contribution < -0.4 is 15.3 Å². The molecule has 0 aliphatic carbocycles. The standard InChI is InChI=1S/C18H21N3O2/c1-22-16-8-5-14(12-17(16)23-2)11-13-3-6-15(7-4-13)18-20-9-10-21(18)19/h3-8,12H,9-11,19H2,1-2H3. The number of nitrogens with two attached hydrogens (primary N) is 1. The number of aliphatic imine (C=N–C) groups is 1. The van der Waals surface area contributed by atoms with Gasteiger partial charge in [0.15, 0.2) is 11.5 Å². The van der Waals surface area contributed by atoms with Crippen molar-refractivity contribution in [3.05, 3.63) is 59.2 Å². The van der Waals surface area contributed by atoms with Gasteiger partial charge in [-0.2, -0.15) is 0 Å². The van der Waals surface area contributed by atoms with Crippen molar-refractivity contribution in [3.8, 4) is 11.5 Å². The monoisotopic (exact) mass is 311 g/mol. The highest BCUT2D eigenvalue weighted by molar-refractivity contribution is 5.99. The molecule has 23 heavy (non-hydrogen) atoms. The Morgan fingerprint density at radius 1 is 1.00 bits per heavy atom. The molecule has 1 heterocycles. The summed E-state index contributed by atoms with van der Waals surface area (Å²) in [5.41, 5.74) is 3.46. The van der Waals surface area contributed by atoms with E-state index in [0.29, 0.717) is 0 Å². The summed E-state index contributed by atoms with van der Waals surface area (Å²) in [6, 6.07) is 14.4. The highest BCUT2D eigenvalue weighted by Crippen LogP contribution is 2.28. The van der Waals surface area contributed by atoms with Crippen LogP contribution in [0.5, 0.6) is 11.5 Å². The van der Waals surface area contributed by atoms with Crippen molar-refractivity contribution in [2.45, 2.75) is 6.42 Å². The average molecular weight is 311 g/mol. The van der Waals surface area contributed by atoms with Crippen molar-refractivity contribution >= 4 is 5.84 Å². The van der Waals surface area contributed by atoms with E-state index in [4.69, 9.17) is 15.3 Å². The van der Waals surface area contributed by atoms with Crippen molar-refractivity contribution < 1.29 is 9.47 Å². The van der Waals surface area contributed by atoms with Crippen LogP contribution in [0.15, 0.2) is 47.5 Å². The summed E-state index contributed by atoms with van der Waals surface area (Å²) in [6.07, 6.45) is 0.833. The lowest BCUT2D eigenvalue weighted by molar-refractivity contribution is 0.354. The number of ether oxygens (including phenoxy) is 2. The molecule has 2 aromatic carbocycles. The lowest BCUT2D eigenvalue weighted by Gasteiger charge is -2.13. The van der Waals surface area contributed by atoms with Gasteiger partial charge in [-0.3, -0.25) is 10.0 Å². The van der Waals surface area contributed by atoms with Gasteiger partial charge >= 0.3 is 0 Å². The SMILES string of the molecule is COc1ccc(Cc2ccc(C3=NCCN3N)cc2)cc1OC. The van der Waals surface area contributed by atoms with Crippen LogP contribution in [-0.2, 0) is 6.42 Å².